The molecule has 2 aromatic heterocycles. The molecule has 82 valence electrons. The van der Waals surface area contributed by atoms with Gasteiger partial charge in [0.15, 0.2) is 4.34 Å². The highest BCUT2D eigenvalue weighted by Crippen LogP contribution is 2.30. The highest BCUT2D eigenvalue weighted by Gasteiger charge is 2.10. The molecule has 2 heterocycles. The van der Waals surface area contributed by atoms with Crippen molar-refractivity contribution in [3.05, 3.63) is 29.8 Å². The third-order valence-corrected chi connectivity index (χ3v) is 3.62. The Morgan fingerprint density at radius 1 is 1.56 bits per heavy atom. The molecule has 0 unspecified atom stereocenters. The summed E-state index contributed by atoms with van der Waals surface area (Å²) in [6, 6.07) is 3.67. The van der Waals surface area contributed by atoms with E-state index in [1.54, 1.807) is 6.20 Å². The maximum atomic E-state index is 7.42. The number of aryl methyl sites for hydroxylation is 1. The van der Waals surface area contributed by atoms with Crippen LogP contribution in [0.3, 0.4) is 0 Å². The van der Waals surface area contributed by atoms with Gasteiger partial charge in [0.2, 0.25) is 0 Å². The van der Waals surface area contributed by atoms with Crippen LogP contribution in [0.1, 0.15) is 11.5 Å². The predicted octanol–water partition coefficient (Wildman–Crippen LogP) is 1.68. The van der Waals surface area contributed by atoms with E-state index in [2.05, 4.69) is 14.3 Å². The van der Waals surface area contributed by atoms with Crippen molar-refractivity contribution in [2.45, 2.75) is 16.2 Å². The van der Waals surface area contributed by atoms with Crippen molar-refractivity contribution in [1.29, 1.82) is 5.41 Å². The molecule has 7 heteroatoms. The Hall–Kier alpha value is -1.47. The minimum Gasteiger partial charge on any atom is -0.382 e. The number of nitrogens with two attached hydrogens (primary N) is 1. The third kappa shape index (κ3) is 2.37. The number of pyridine rings is 1. The van der Waals surface area contributed by atoms with Crippen molar-refractivity contribution < 1.29 is 0 Å². The van der Waals surface area contributed by atoms with Gasteiger partial charge in [0.1, 0.15) is 17.4 Å². The SMILES string of the molecule is Cc1nsc(Sc2cccnc2C(=N)N)n1. The van der Waals surface area contributed by atoms with Crippen molar-refractivity contribution >= 4 is 29.1 Å². The van der Waals surface area contributed by atoms with Crippen LogP contribution in [0.2, 0.25) is 0 Å². The molecule has 0 amide bonds. The molecule has 16 heavy (non-hydrogen) atoms. The molecule has 0 aromatic carbocycles. The second-order valence-corrected chi connectivity index (χ2v) is 5.01. The molecule has 0 bridgehead atoms. The fourth-order valence-corrected chi connectivity index (χ4v) is 2.81. The zero-order valence-corrected chi connectivity index (χ0v) is 10.1. The summed E-state index contributed by atoms with van der Waals surface area (Å²) >= 11 is 2.75. The number of aromatic nitrogens is 3. The van der Waals surface area contributed by atoms with E-state index in [-0.39, 0.29) is 5.84 Å². The van der Waals surface area contributed by atoms with Crippen LogP contribution in [0.15, 0.2) is 27.6 Å². The molecule has 0 spiro atoms. The van der Waals surface area contributed by atoms with E-state index in [4.69, 9.17) is 11.1 Å². The monoisotopic (exact) mass is 251 g/mol. The van der Waals surface area contributed by atoms with E-state index in [9.17, 15) is 0 Å². The molecule has 0 atom stereocenters. The number of hydrogen-bond acceptors (Lipinski definition) is 6. The van der Waals surface area contributed by atoms with Crippen LogP contribution in [0.4, 0.5) is 0 Å². The average molecular weight is 251 g/mol. The summed E-state index contributed by atoms with van der Waals surface area (Å²) in [6.45, 7) is 1.84. The Kier molecular flexibility index (Phi) is 3.16. The largest absolute Gasteiger partial charge is 0.382 e. The standard InChI is InChI=1S/C9H9N5S2/c1-5-13-9(16-14-5)15-6-3-2-4-12-7(6)8(10)11/h2-4H,1H3,(H3,10,11). The number of nitrogens with one attached hydrogen (secondary N) is 1. The Bertz CT molecular complexity index is 522. The zero-order valence-electron chi connectivity index (χ0n) is 8.47. The molecule has 2 rings (SSSR count). The second kappa shape index (κ2) is 4.58. The Balaban J connectivity index is 2.31. The first kappa shape index (κ1) is 11.0. The quantitative estimate of drug-likeness (QED) is 0.640. The van der Waals surface area contributed by atoms with Crippen LogP contribution in [0.25, 0.3) is 0 Å². The Morgan fingerprint density at radius 2 is 2.38 bits per heavy atom. The lowest BCUT2D eigenvalue weighted by molar-refractivity contribution is 1.10. The van der Waals surface area contributed by atoms with Crippen LogP contribution in [0.5, 0.6) is 0 Å². The summed E-state index contributed by atoms with van der Waals surface area (Å²) < 4.78 is 4.92. The predicted molar refractivity (Wildman–Crippen MR) is 64.0 cm³/mol. The molecule has 0 aliphatic carbocycles. The summed E-state index contributed by atoms with van der Waals surface area (Å²) in [7, 11) is 0. The van der Waals surface area contributed by atoms with E-state index in [1.807, 2.05) is 19.1 Å². The van der Waals surface area contributed by atoms with E-state index in [0.717, 1.165) is 15.1 Å². The van der Waals surface area contributed by atoms with E-state index >= 15 is 0 Å². The number of amidine groups is 1. The lowest BCUT2D eigenvalue weighted by Crippen LogP contribution is -2.14. The molecule has 2 aromatic rings. The van der Waals surface area contributed by atoms with Crippen molar-refractivity contribution in [3.63, 3.8) is 0 Å². The number of nitrogen functional groups attached to an aromatic ring is 1. The lowest BCUT2D eigenvalue weighted by atomic mass is 10.3. The van der Waals surface area contributed by atoms with Gasteiger partial charge < -0.3 is 5.73 Å². The molecule has 0 aliphatic heterocycles. The maximum Gasteiger partial charge on any atom is 0.174 e. The Morgan fingerprint density at radius 3 is 3.00 bits per heavy atom. The van der Waals surface area contributed by atoms with Gasteiger partial charge in [-0.15, -0.1) is 0 Å². The molecule has 0 radical (unpaired) electrons. The zero-order chi connectivity index (χ0) is 11.5. The number of nitrogens with zero attached hydrogens (tertiary/aromatic N) is 3. The van der Waals surface area contributed by atoms with Crippen LogP contribution in [-0.2, 0) is 0 Å². The molecule has 0 saturated carbocycles. The highest BCUT2D eigenvalue weighted by atomic mass is 32.2. The van der Waals surface area contributed by atoms with Gasteiger partial charge in [0.25, 0.3) is 0 Å². The van der Waals surface area contributed by atoms with Crippen molar-refractivity contribution in [2.24, 2.45) is 5.73 Å². The summed E-state index contributed by atoms with van der Waals surface area (Å²) in [4.78, 5) is 9.13. The molecular weight excluding hydrogens is 242 g/mol. The summed E-state index contributed by atoms with van der Waals surface area (Å²) in [5.41, 5.74) is 5.93. The summed E-state index contributed by atoms with van der Waals surface area (Å²) in [5, 5.41) is 7.42. The van der Waals surface area contributed by atoms with Gasteiger partial charge >= 0.3 is 0 Å². The first-order valence-corrected chi connectivity index (χ1v) is 6.03. The van der Waals surface area contributed by atoms with Crippen LogP contribution in [0, 0.1) is 12.3 Å². The van der Waals surface area contributed by atoms with Gasteiger partial charge in [-0.3, -0.25) is 10.4 Å². The highest BCUT2D eigenvalue weighted by molar-refractivity contribution is 8.01. The van der Waals surface area contributed by atoms with E-state index < -0.39 is 0 Å². The minimum atomic E-state index is -0.0377. The summed E-state index contributed by atoms with van der Waals surface area (Å²) in [6.07, 6.45) is 1.62. The van der Waals surface area contributed by atoms with Crippen molar-refractivity contribution in [2.75, 3.05) is 0 Å². The molecule has 0 aliphatic rings. The Labute approximate surface area is 101 Å². The first-order chi connectivity index (χ1) is 7.66. The second-order valence-electron chi connectivity index (χ2n) is 2.97. The topological polar surface area (TPSA) is 88.5 Å². The maximum absolute atomic E-state index is 7.42. The van der Waals surface area contributed by atoms with Crippen LogP contribution in [-0.4, -0.2) is 20.2 Å². The van der Waals surface area contributed by atoms with Crippen molar-refractivity contribution in [1.82, 2.24) is 14.3 Å². The fraction of sp³-hybridized carbons (Fsp3) is 0.111. The van der Waals surface area contributed by atoms with Crippen LogP contribution >= 0.6 is 23.3 Å². The minimum absolute atomic E-state index is 0.0377. The van der Waals surface area contributed by atoms with Gasteiger partial charge in [-0.2, -0.15) is 4.37 Å². The molecule has 3 N–H and O–H groups in total. The van der Waals surface area contributed by atoms with Gasteiger partial charge in [-0.1, -0.05) is 11.8 Å². The lowest BCUT2D eigenvalue weighted by Gasteiger charge is -2.03. The molecule has 0 saturated heterocycles. The third-order valence-electron chi connectivity index (χ3n) is 1.73. The fourth-order valence-electron chi connectivity index (χ4n) is 1.09. The molecule has 0 fully saturated rings. The summed E-state index contributed by atoms with van der Waals surface area (Å²) in [5.74, 6) is 0.713. The average Bonchev–Trinajstić information content (AvgIpc) is 2.64. The smallest absolute Gasteiger partial charge is 0.174 e. The number of hydrogen-bond donors (Lipinski definition) is 2. The van der Waals surface area contributed by atoms with E-state index in [1.165, 1.54) is 23.3 Å². The van der Waals surface area contributed by atoms with Gasteiger partial charge in [0.05, 0.1) is 0 Å². The normalized spacial score (nSPS) is 10.3. The first-order valence-electron chi connectivity index (χ1n) is 4.44. The van der Waals surface area contributed by atoms with Gasteiger partial charge in [-0.05, 0) is 30.6 Å². The van der Waals surface area contributed by atoms with Crippen LogP contribution < -0.4 is 5.73 Å². The number of rotatable bonds is 3. The van der Waals surface area contributed by atoms with Gasteiger partial charge in [0, 0.05) is 11.1 Å². The van der Waals surface area contributed by atoms with Gasteiger partial charge in [-0.25, -0.2) is 4.98 Å². The molecule has 5 nitrogen and oxygen atoms in total. The molecular formula is C9H9N5S2. The van der Waals surface area contributed by atoms with E-state index in [0.29, 0.717) is 5.69 Å². The van der Waals surface area contributed by atoms with Crippen molar-refractivity contribution in [3.8, 4) is 0 Å².